The molecule has 1 atom stereocenters. The number of hydrogen-bond donors (Lipinski definition) is 2. The van der Waals surface area contributed by atoms with Gasteiger partial charge in [-0.2, -0.15) is 0 Å². The van der Waals surface area contributed by atoms with Crippen molar-refractivity contribution < 1.29 is 14.0 Å². The first kappa shape index (κ1) is 18.3. The lowest BCUT2D eigenvalue weighted by atomic mass is 9.77. The van der Waals surface area contributed by atoms with Gasteiger partial charge in [-0.05, 0) is 57.4 Å². The Morgan fingerprint density at radius 2 is 1.89 bits per heavy atom. The number of dihydropyridines is 1. The van der Waals surface area contributed by atoms with Gasteiger partial charge in [0, 0.05) is 29.1 Å². The summed E-state index contributed by atoms with van der Waals surface area (Å²) >= 11 is 0. The van der Waals surface area contributed by atoms with Crippen LogP contribution in [-0.2, 0) is 9.59 Å². The van der Waals surface area contributed by atoms with Gasteiger partial charge in [0.25, 0.3) is 5.91 Å². The lowest BCUT2D eigenvalue weighted by molar-refractivity contribution is -0.116. The van der Waals surface area contributed by atoms with E-state index in [9.17, 15) is 9.59 Å². The van der Waals surface area contributed by atoms with E-state index in [-0.39, 0.29) is 11.7 Å². The van der Waals surface area contributed by atoms with E-state index in [0.29, 0.717) is 23.3 Å². The molecule has 2 aromatic rings. The van der Waals surface area contributed by atoms with Crippen LogP contribution in [0.3, 0.4) is 0 Å². The summed E-state index contributed by atoms with van der Waals surface area (Å²) in [5.74, 6) is 0.776. The quantitative estimate of drug-likeness (QED) is 0.827. The van der Waals surface area contributed by atoms with Crippen LogP contribution in [0, 0.1) is 13.8 Å². The monoisotopic (exact) mass is 376 g/mol. The van der Waals surface area contributed by atoms with Crippen molar-refractivity contribution in [3.8, 4) is 0 Å². The zero-order chi connectivity index (χ0) is 19.8. The van der Waals surface area contributed by atoms with Crippen LogP contribution in [0.4, 0.5) is 5.69 Å². The van der Waals surface area contributed by atoms with Gasteiger partial charge >= 0.3 is 0 Å². The maximum atomic E-state index is 13.3. The normalized spacial score (nSPS) is 19.4. The number of Topliss-reactive ketones (excluding diaryl/α,β-unsaturated/α-hetero) is 1. The van der Waals surface area contributed by atoms with E-state index in [1.807, 2.05) is 57.2 Å². The Bertz CT molecular complexity index is 1030. The summed E-state index contributed by atoms with van der Waals surface area (Å²) in [7, 11) is 0. The minimum Gasteiger partial charge on any atom is -0.465 e. The number of allylic oxidation sites excluding steroid dienone is 3. The van der Waals surface area contributed by atoms with Gasteiger partial charge in [0.1, 0.15) is 11.5 Å². The molecule has 2 heterocycles. The van der Waals surface area contributed by atoms with Crippen LogP contribution < -0.4 is 10.6 Å². The lowest BCUT2D eigenvalue weighted by Crippen LogP contribution is -2.35. The summed E-state index contributed by atoms with van der Waals surface area (Å²) in [5, 5.41) is 6.34. The molecule has 5 heteroatoms. The number of ketones is 1. The van der Waals surface area contributed by atoms with Crippen LogP contribution in [0.1, 0.15) is 49.2 Å². The molecule has 0 unspecified atom stereocenters. The van der Waals surface area contributed by atoms with Crippen molar-refractivity contribution in [3.63, 3.8) is 0 Å². The number of anilines is 1. The minimum atomic E-state index is -0.484. The summed E-state index contributed by atoms with van der Waals surface area (Å²) in [5.41, 5.74) is 4.63. The van der Waals surface area contributed by atoms with Crippen LogP contribution in [-0.4, -0.2) is 11.7 Å². The first-order valence-corrected chi connectivity index (χ1v) is 9.63. The van der Waals surface area contributed by atoms with Gasteiger partial charge in [-0.3, -0.25) is 9.59 Å². The number of furan rings is 1. The molecular formula is C23H24N2O3. The molecule has 0 saturated heterocycles. The zero-order valence-corrected chi connectivity index (χ0v) is 16.4. The molecule has 1 aliphatic heterocycles. The van der Waals surface area contributed by atoms with Gasteiger partial charge in [0.2, 0.25) is 0 Å². The van der Waals surface area contributed by atoms with Crippen molar-refractivity contribution in [1.29, 1.82) is 0 Å². The fourth-order valence-electron chi connectivity index (χ4n) is 4.08. The minimum absolute atomic E-state index is 0.0847. The molecule has 1 amide bonds. The molecule has 28 heavy (non-hydrogen) atoms. The number of carbonyl (C=O) groups is 2. The molecule has 0 spiro atoms. The van der Waals surface area contributed by atoms with Crippen molar-refractivity contribution >= 4 is 17.4 Å². The molecule has 2 N–H and O–H groups in total. The molecule has 144 valence electrons. The third-order valence-corrected chi connectivity index (χ3v) is 5.46. The molecule has 1 aromatic carbocycles. The zero-order valence-electron chi connectivity index (χ0n) is 16.4. The number of benzene rings is 1. The summed E-state index contributed by atoms with van der Waals surface area (Å²) in [6, 6.07) is 11.4. The highest BCUT2D eigenvalue weighted by Gasteiger charge is 2.40. The van der Waals surface area contributed by atoms with E-state index in [0.717, 1.165) is 41.2 Å². The Balaban J connectivity index is 1.78. The second-order valence-electron chi connectivity index (χ2n) is 7.48. The van der Waals surface area contributed by atoms with Crippen LogP contribution in [0.25, 0.3) is 0 Å². The molecule has 5 nitrogen and oxygen atoms in total. The van der Waals surface area contributed by atoms with Gasteiger partial charge in [-0.1, -0.05) is 18.2 Å². The first-order chi connectivity index (χ1) is 13.5. The van der Waals surface area contributed by atoms with Gasteiger partial charge in [-0.25, -0.2) is 0 Å². The van der Waals surface area contributed by atoms with Crippen LogP contribution in [0.15, 0.2) is 63.4 Å². The fraction of sp³-hybridized carbons (Fsp3) is 0.304. The number of hydrogen-bond acceptors (Lipinski definition) is 4. The van der Waals surface area contributed by atoms with Crippen molar-refractivity contribution in [2.45, 2.75) is 46.0 Å². The second-order valence-corrected chi connectivity index (χ2v) is 7.48. The van der Waals surface area contributed by atoms with Crippen LogP contribution in [0.5, 0.6) is 0 Å². The van der Waals surface area contributed by atoms with Crippen molar-refractivity contribution in [1.82, 2.24) is 5.32 Å². The highest BCUT2D eigenvalue weighted by Crippen LogP contribution is 2.42. The predicted octanol–water partition coefficient (Wildman–Crippen LogP) is 4.50. The van der Waals surface area contributed by atoms with Crippen molar-refractivity contribution in [2.24, 2.45) is 0 Å². The Kier molecular flexibility index (Phi) is 4.67. The Hall–Kier alpha value is -3.08. The highest BCUT2D eigenvalue weighted by atomic mass is 16.3. The lowest BCUT2D eigenvalue weighted by Gasteiger charge is -2.33. The average Bonchev–Trinajstić information content (AvgIpc) is 3.08. The second kappa shape index (κ2) is 7.15. The van der Waals surface area contributed by atoms with E-state index in [2.05, 4.69) is 10.6 Å². The summed E-state index contributed by atoms with van der Waals surface area (Å²) < 4.78 is 5.89. The number of carbonyl (C=O) groups excluding carboxylic acids is 2. The SMILES string of the molecule is CC1=C(C(=O)Nc2ccccc2C)[C@H](c2ccc(C)o2)C2=C(CCCC2=O)N1. The molecular weight excluding hydrogens is 352 g/mol. The van der Waals surface area contributed by atoms with E-state index < -0.39 is 5.92 Å². The Labute approximate surface area is 164 Å². The number of para-hydroxylation sites is 1. The molecule has 0 saturated carbocycles. The van der Waals surface area contributed by atoms with Crippen molar-refractivity contribution in [3.05, 3.63) is 76.0 Å². The number of rotatable bonds is 3. The van der Waals surface area contributed by atoms with Crippen LogP contribution in [0.2, 0.25) is 0 Å². The van der Waals surface area contributed by atoms with Gasteiger partial charge < -0.3 is 15.1 Å². The van der Waals surface area contributed by atoms with Gasteiger partial charge in [0.05, 0.1) is 11.5 Å². The molecule has 0 radical (unpaired) electrons. The van der Waals surface area contributed by atoms with E-state index in [1.54, 1.807) is 0 Å². The summed E-state index contributed by atoms with van der Waals surface area (Å²) in [6.07, 6.45) is 2.14. The third-order valence-electron chi connectivity index (χ3n) is 5.46. The average molecular weight is 376 g/mol. The smallest absolute Gasteiger partial charge is 0.254 e. The standard InChI is InChI=1S/C23H24N2O3/c1-13-7-4-5-8-16(13)25-23(27)20-15(3)24-17-9-6-10-18(26)21(17)22(20)19-12-11-14(2)28-19/h4-5,7-8,11-12,22,24H,6,9-10H2,1-3H3,(H,25,27)/t22-/m0/s1. The van der Waals surface area contributed by atoms with Crippen LogP contribution >= 0.6 is 0 Å². The molecule has 0 bridgehead atoms. The maximum Gasteiger partial charge on any atom is 0.254 e. The van der Waals surface area contributed by atoms with Gasteiger partial charge in [-0.15, -0.1) is 0 Å². The number of aryl methyl sites for hydroxylation is 2. The molecule has 0 fully saturated rings. The summed E-state index contributed by atoms with van der Waals surface area (Å²) in [4.78, 5) is 26.1. The topological polar surface area (TPSA) is 71.3 Å². The fourth-order valence-corrected chi connectivity index (χ4v) is 4.08. The molecule has 4 rings (SSSR count). The molecule has 2 aliphatic rings. The first-order valence-electron chi connectivity index (χ1n) is 9.63. The van der Waals surface area contributed by atoms with Crippen molar-refractivity contribution in [2.75, 3.05) is 5.32 Å². The molecule has 1 aromatic heterocycles. The van der Waals surface area contributed by atoms with E-state index in [4.69, 9.17) is 4.42 Å². The van der Waals surface area contributed by atoms with E-state index >= 15 is 0 Å². The Morgan fingerprint density at radius 1 is 1.11 bits per heavy atom. The third kappa shape index (κ3) is 3.17. The number of nitrogens with one attached hydrogen (secondary N) is 2. The predicted molar refractivity (Wildman–Crippen MR) is 108 cm³/mol. The van der Waals surface area contributed by atoms with Gasteiger partial charge in [0.15, 0.2) is 5.78 Å². The number of amides is 1. The highest BCUT2D eigenvalue weighted by molar-refractivity contribution is 6.09. The Morgan fingerprint density at radius 3 is 2.61 bits per heavy atom. The maximum absolute atomic E-state index is 13.3. The largest absolute Gasteiger partial charge is 0.465 e. The summed E-state index contributed by atoms with van der Waals surface area (Å²) in [6.45, 7) is 5.71. The van der Waals surface area contributed by atoms with E-state index in [1.165, 1.54) is 0 Å². The molecule has 1 aliphatic carbocycles.